The predicted octanol–water partition coefficient (Wildman–Crippen LogP) is 3.24. The van der Waals surface area contributed by atoms with E-state index in [4.69, 9.17) is 0 Å². The Morgan fingerprint density at radius 2 is 2.27 bits per heavy atom. The normalized spacial score (nSPS) is 19.7. The number of phenolic OH excluding ortho intramolecular Hbond substituents is 1. The van der Waals surface area contributed by atoms with Gasteiger partial charge in [0.2, 0.25) is 0 Å². The molecule has 0 radical (unpaired) electrons. The molecule has 1 N–H and O–H groups in total. The SMILES string of the molecule is CC[C@@H]1CCn2c1cc1cc(O)ccc12. The highest BCUT2D eigenvalue weighted by molar-refractivity contribution is 5.83. The second kappa shape index (κ2) is 3.02. The Labute approximate surface area is 89.1 Å². The summed E-state index contributed by atoms with van der Waals surface area (Å²) in [6, 6.07) is 7.88. The quantitative estimate of drug-likeness (QED) is 0.752. The third kappa shape index (κ3) is 1.17. The molecule has 0 bridgehead atoms. The van der Waals surface area contributed by atoms with E-state index >= 15 is 0 Å². The first kappa shape index (κ1) is 8.84. The van der Waals surface area contributed by atoms with Crippen molar-refractivity contribution in [3.63, 3.8) is 0 Å². The van der Waals surface area contributed by atoms with E-state index in [0.29, 0.717) is 11.7 Å². The largest absolute Gasteiger partial charge is 0.508 e. The number of hydrogen-bond acceptors (Lipinski definition) is 1. The molecule has 2 heteroatoms. The van der Waals surface area contributed by atoms with Crippen molar-refractivity contribution in [2.75, 3.05) is 0 Å². The topological polar surface area (TPSA) is 25.2 Å². The summed E-state index contributed by atoms with van der Waals surface area (Å²) >= 11 is 0. The van der Waals surface area contributed by atoms with Gasteiger partial charge in [0.15, 0.2) is 0 Å². The molecule has 1 aromatic carbocycles. The Morgan fingerprint density at radius 1 is 1.40 bits per heavy atom. The van der Waals surface area contributed by atoms with Crippen LogP contribution in [0.15, 0.2) is 24.3 Å². The van der Waals surface area contributed by atoms with E-state index in [9.17, 15) is 5.11 Å². The van der Waals surface area contributed by atoms with Crippen molar-refractivity contribution in [1.29, 1.82) is 0 Å². The summed E-state index contributed by atoms with van der Waals surface area (Å²) < 4.78 is 2.39. The number of hydrogen-bond donors (Lipinski definition) is 1. The van der Waals surface area contributed by atoms with Crippen molar-refractivity contribution in [2.45, 2.75) is 32.2 Å². The maximum atomic E-state index is 9.43. The molecule has 2 nitrogen and oxygen atoms in total. The summed E-state index contributed by atoms with van der Waals surface area (Å²) in [6.45, 7) is 3.37. The van der Waals surface area contributed by atoms with E-state index in [-0.39, 0.29) is 0 Å². The minimum Gasteiger partial charge on any atom is -0.508 e. The van der Waals surface area contributed by atoms with Crippen molar-refractivity contribution in [3.05, 3.63) is 30.0 Å². The first-order chi connectivity index (χ1) is 7.29. The van der Waals surface area contributed by atoms with Crippen LogP contribution in [0.5, 0.6) is 5.75 Å². The molecular weight excluding hydrogens is 186 g/mol. The first-order valence-corrected chi connectivity index (χ1v) is 5.61. The average Bonchev–Trinajstić information content (AvgIpc) is 2.74. The molecule has 78 valence electrons. The molecule has 0 saturated heterocycles. The fourth-order valence-corrected chi connectivity index (χ4v) is 2.71. The van der Waals surface area contributed by atoms with Crippen molar-refractivity contribution in [2.24, 2.45) is 0 Å². The van der Waals surface area contributed by atoms with Crippen LogP contribution in [0.25, 0.3) is 10.9 Å². The Kier molecular flexibility index (Phi) is 1.78. The number of aryl methyl sites for hydroxylation is 1. The van der Waals surface area contributed by atoms with E-state index in [1.807, 2.05) is 12.1 Å². The second-order valence-electron chi connectivity index (χ2n) is 4.36. The van der Waals surface area contributed by atoms with Gasteiger partial charge in [0.25, 0.3) is 0 Å². The van der Waals surface area contributed by atoms with E-state index in [1.54, 1.807) is 6.07 Å². The van der Waals surface area contributed by atoms with Gasteiger partial charge in [0.1, 0.15) is 5.75 Å². The van der Waals surface area contributed by atoms with E-state index in [0.717, 1.165) is 6.54 Å². The van der Waals surface area contributed by atoms with Gasteiger partial charge in [-0.3, -0.25) is 0 Å². The van der Waals surface area contributed by atoms with Crippen LogP contribution in [-0.2, 0) is 6.54 Å². The Balaban J connectivity index is 2.25. The van der Waals surface area contributed by atoms with Gasteiger partial charge in [0, 0.05) is 29.1 Å². The third-order valence-electron chi connectivity index (χ3n) is 3.53. The highest BCUT2D eigenvalue weighted by atomic mass is 16.3. The third-order valence-corrected chi connectivity index (χ3v) is 3.53. The summed E-state index contributed by atoms with van der Waals surface area (Å²) in [4.78, 5) is 0. The summed E-state index contributed by atoms with van der Waals surface area (Å²) in [6.07, 6.45) is 2.48. The Bertz CT molecular complexity index is 512. The molecule has 15 heavy (non-hydrogen) atoms. The van der Waals surface area contributed by atoms with Crippen LogP contribution < -0.4 is 0 Å². The lowest BCUT2D eigenvalue weighted by Crippen LogP contribution is -1.91. The van der Waals surface area contributed by atoms with Crippen molar-refractivity contribution in [1.82, 2.24) is 4.57 Å². The van der Waals surface area contributed by atoms with Gasteiger partial charge < -0.3 is 9.67 Å². The molecular formula is C13H15NO. The molecule has 0 fully saturated rings. The fourth-order valence-electron chi connectivity index (χ4n) is 2.71. The minimum absolute atomic E-state index is 0.361. The van der Waals surface area contributed by atoms with Gasteiger partial charge in [-0.25, -0.2) is 0 Å². The fraction of sp³-hybridized carbons (Fsp3) is 0.385. The van der Waals surface area contributed by atoms with Crippen molar-refractivity contribution >= 4 is 10.9 Å². The second-order valence-corrected chi connectivity index (χ2v) is 4.36. The number of phenols is 1. The van der Waals surface area contributed by atoms with Crippen LogP contribution in [0, 0.1) is 0 Å². The van der Waals surface area contributed by atoms with Gasteiger partial charge >= 0.3 is 0 Å². The van der Waals surface area contributed by atoms with E-state index in [2.05, 4.69) is 17.6 Å². The smallest absolute Gasteiger partial charge is 0.116 e. The number of fused-ring (bicyclic) bond motifs is 3. The minimum atomic E-state index is 0.361. The van der Waals surface area contributed by atoms with Gasteiger partial charge in [0.05, 0.1) is 0 Å². The summed E-state index contributed by atoms with van der Waals surface area (Å²) in [7, 11) is 0. The first-order valence-electron chi connectivity index (χ1n) is 5.61. The molecule has 0 amide bonds. The number of aromatic hydroxyl groups is 1. The maximum Gasteiger partial charge on any atom is 0.116 e. The molecule has 2 heterocycles. The number of rotatable bonds is 1. The molecule has 1 aliphatic rings. The molecule has 2 aromatic rings. The zero-order valence-electron chi connectivity index (χ0n) is 8.90. The lowest BCUT2D eigenvalue weighted by atomic mass is 10.0. The van der Waals surface area contributed by atoms with Crippen LogP contribution >= 0.6 is 0 Å². The Morgan fingerprint density at radius 3 is 3.07 bits per heavy atom. The highest BCUT2D eigenvalue weighted by Gasteiger charge is 2.22. The monoisotopic (exact) mass is 201 g/mol. The predicted molar refractivity (Wildman–Crippen MR) is 61.3 cm³/mol. The molecule has 0 aliphatic carbocycles. The molecule has 0 unspecified atom stereocenters. The van der Waals surface area contributed by atoms with Crippen LogP contribution in [-0.4, -0.2) is 9.67 Å². The lowest BCUT2D eigenvalue weighted by molar-refractivity contribution is 0.476. The summed E-state index contributed by atoms with van der Waals surface area (Å²) in [5, 5.41) is 10.6. The summed E-state index contributed by atoms with van der Waals surface area (Å²) in [5.74, 6) is 1.07. The molecule has 1 atom stereocenters. The summed E-state index contributed by atoms with van der Waals surface area (Å²) in [5.41, 5.74) is 2.71. The van der Waals surface area contributed by atoms with Gasteiger partial charge in [-0.2, -0.15) is 0 Å². The molecule has 1 aromatic heterocycles. The number of benzene rings is 1. The molecule has 3 rings (SSSR count). The van der Waals surface area contributed by atoms with Crippen molar-refractivity contribution < 1.29 is 5.11 Å². The van der Waals surface area contributed by atoms with Gasteiger partial charge in [-0.15, -0.1) is 0 Å². The molecule has 0 spiro atoms. The van der Waals surface area contributed by atoms with Crippen LogP contribution in [0.4, 0.5) is 0 Å². The van der Waals surface area contributed by atoms with Crippen LogP contribution in [0.2, 0.25) is 0 Å². The standard InChI is InChI=1S/C13H15NO/c1-2-9-5-6-14-12-4-3-11(15)7-10(12)8-13(9)14/h3-4,7-9,15H,2,5-6H2,1H3/t9-/m1/s1. The zero-order chi connectivity index (χ0) is 10.4. The molecule has 1 aliphatic heterocycles. The van der Waals surface area contributed by atoms with Crippen molar-refractivity contribution in [3.8, 4) is 5.75 Å². The number of nitrogens with zero attached hydrogens (tertiary/aromatic N) is 1. The highest BCUT2D eigenvalue weighted by Crippen LogP contribution is 2.36. The number of aromatic nitrogens is 1. The zero-order valence-corrected chi connectivity index (χ0v) is 8.90. The average molecular weight is 201 g/mol. The lowest BCUT2D eigenvalue weighted by Gasteiger charge is -2.02. The maximum absolute atomic E-state index is 9.43. The van der Waals surface area contributed by atoms with Gasteiger partial charge in [-0.1, -0.05) is 6.92 Å². The van der Waals surface area contributed by atoms with Gasteiger partial charge in [-0.05, 0) is 37.1 Å². The van der Waals surface area contributed by atoms with E-state index in [1.165, 1.54) is 29.4 Å². The Hall–Kier alpha value is -1.44. The van der Waals surface area contributed by atoms with Crippen LogP contribution in [0.3, 0.4) is 0 Å². The van der Waals surface area contributed by atoms with Crippen LogP contribution in [0.1, 0.15) is 31.4 Å². The molecule has 0 saturated carbocycles. The van der Waals surface area contributed by atoms with E-state index < -0.39 is 0 Å².